The lowest BCUT2D eigenvalue weighted by atomic mass is 10.1. The van der Waals surface area contributed by atoms with E-state index in [4.69, 9.17) is 4.74 Å². The van der Waals surface area contributed by atoms with Gasteiger partial charge in [0.2, 0.25) is 0 Å². The van der Waals surface area contributed by atoms with E-state index in [0.717, 1.165) is 18.5 Å². The third kappa shape index (κ3) is 4.26. The monoisotopic (exact) mass is 316 g/mol. The van der Waals surface area contributed by atoms with Gasteiger partial charge in [-0.2, -0.15) is 5.10 Å². The first-order valence-electron chi connectivity index (χ1n) is 7.05. The number of hydrogen-bond donors (Lipinski definition) is 3. The van der Waals surface area contributed by atoms with Crippen molar-refractivity contribution >= 4 is 10.0 Å². The number of aryl methyl sites for hydroxylation is 1. The van der Waals surface area contributed by atoms with Crippen LogP contribution in [-0.4, -0.2) is 43.9 Å². The highest BCUT2D eigenvalue weighted by Crippen LogP contribution is 2.22. The van der Waals surface area contributed by atoms with Crippen LogP contribution in [0.2, 0.25) is 0 Å². The Balaban J connectivity index is 2.18. The number of aromatic amines is 1. The molecule has 0 aromatic carbocycles. The number of aromatic nitrogens is 2. The second kappa shape index (κ2) is 6.04. The molecule has 1 aliphatic carbocycles. The summed E-state index contributed by atoms with van der Waals surface area (Å²) in [6.07, 6.45) is 2.30. The number of rotatable bonds is 8. The summed E-state index contributed by atoms with van der Waals surface area (Å²) >= 11 is 0. The molecule has 8 heteroatoms. The van der Waals surface area contributed by atoms with Gasteiger partial charge in [0.15, 0.2) is 5.03 Å². The Labute approximate surface area is 125 Å². The topological polar surface area (TPSA) is 96.1 Å². The van der Waals surface area contributed by atoms with Crippen LogP contribution >= 0.6 is 0 Å². The van der Waals surface area contributed by atoms with Gasteiger partial charge in [0, 0.05) is 31.0 Å². The molecule has 1 aromatic rings. The van der Waals surface area contributed by atoms with E-state index in [9.17, 15) is 8.42 Å². The molecule has 1 aromatic heterocycles. The van der Waals surface area contributed by atoms with Gasteiger partial charge >= 0.3 is 0 Å². The van der Waals surface area contributed by atoms with Crippen molar-refractivity contribution in [3.63, 3.8) is 0 Å². The van der Waals surface area contributed by atoms with Crippen molar-refractivity contribution < 1.29 is 13.2 Å². The zero-order chi connectivity index (χ0) is 15.7. The fourth-order valence-electron chi connectivity index (χ4n) is 2.20. The maximum absolute atomic E-state index is 12.5. The standard InChI is InChI=1S/C13H24N4O3S/c1-9-11(7-14-10-5-6-10)12(16-15-9)21(18,19)17-13(2,3)8-20-4/h10,14,17H,5-8H2,1-4H3,(H,15,16). The Bertz CT molecular complexity index is 591. The molecule has 0 atom stereocenters. The molecule has 1 aliphatic rings. The van der Waals surface area contributed by atoms with Crippen LogP contribution in [0.5, 0.6) is 0 Å². The molecule has 7 nitrogen and oxygen atoms in total. The summed E-state index contributed by atoms with van der Waals surface area (Å²) < 4.78 is 32.8. The van der Waals surface area contributed by atoms with Crippen molar-refractivity contribution in [1.82, 2.24) is 20.2 Å². The maximum atomic E-state index is 12.5. The van der Waals surface area contributed by atoms with Crippen molar-refractivity contribution in [2.45, 2.75) is 56.8 Å². The average Bonchev–Trinajstić information content (AvgIpc) is 3.08. The molecule has 2 rings (SSSR count). The van der Waals surface area contributed by atoms with Crippen LogP contribution in [0.15, 0.2) is 5.03 Å². The maximum Gasteiger partial charge on any atom is 0.260 e. The fourth-order valence-corrected chi connectivity index (χ4v) is 3.80. The molecule has 0 saturated heterocycles. The Morgan fingerprint density at radius 3 is 2.67 bits per heavy atom. The summed E-state index contributed by atoms with van der Waals surface area (Å²) in [7, 11) is -2.15. The lowest BCUT2D eigenvalue weighted by Crippen LogP contribution is -2.47. The third-order valence-electron chi connectivity index (χ3n) is 3.35. The Hall–Kier alpha value is -0.960. The van der Waals surface area contributed by atoms with Crippen LogP contribution in [0.3, 0.4) is 0 Å². The van der Waals surface area contributed by atoms with Crippen molar-refractivity contribution in [2.75, 3.05) is 13.7 Å². The average molecular weight is 316 g/mol. The van der Waals surface area contributed by atoms with Crippen LogP contribution in [-0.2, 0) is 21.3 Å². The van der Waals surface area contributed by atoms with Crippen molar-refractivity contribution in [3.05, 3.63) is 11.3 Å². The number of H-pyrrole nitrogens is 1. The lowest BCUT2D eigenvalue weighted by Gasteiger charge is -2.24. The van der Waals surface area contributed by atoms with Gasteiger partial charge in [-0.3, -0.25) is 5.10 Å². The molecule has 0 bridgehead atoms. The molecule has 1 fully saturated rings. The highest BCUT2D eigenvalue weighted by Gasteiger charge is 2.31. The third-order valence-corrected chi connectivity index (χ3v) is 5.02. The summed E-state index contributed by atoms with van der Waals surface area (Å²) in [5.41, 5.74) is 0.775. The van der Waals surface area contributed by atoms with E-state index < -0.39 is 15.6 Å². The molecule has 1 saturated carbocycles. The van der Waals surface area contributed by atoms with Gasteiger partial charge < -0.3 is 10.1 Å². The van der Waals surface area contributed by atoms with E-state index in [1.807, 2.05) is 6.92 Å². The van der Waals surface area contributed by atoms with Crippen LogP contribution in [0.4, 0.5) is 0 Å². The molecule has 21 heavy (non-hydrogen) atoms. The van der Waals surface area contributed by atoms with E-state index in [1.165, 1.54) is 0 Å². The zero-order valence-electron chi connectivity index (χ0n) is 13.0. The smallest absolute Gasteiger partial charge is 0.260 e. The summed E-state index contributed by atoms with van der Waals surface area (Å²) in [6, 6.07) is 0.507. The van der Waals surface area contributed by atoms with Gasteiger partial charge in [0.05, 0.1) is 12.1 Å². The predicted molar refractivity (Wildman–Crippen MR) is 79.5 cm³/mol. The normalized spacial score (nSPS) is 16.4. The second-order valence-electron chi connectivity index (χ2n) is 6.21. The van der Waals surface area contributed by atoms with Crippen LogP contribution < -0.4 is 10.0 Å². The van der Waals surface area contributed by atoms with Crippen LogP contribution in [0, 0.1) is 6.92 Å². The van der Waals surface area contributed by atoms with E-state index in [-0.39, 0.29) is 11.6 Å². The molecule has 0 aliphatic heterocycles. The largest absolute Gasteiger partial charge is 0.383 e. The summed E-state index contributed by atoms with van der Waals surface area (Å²) in [4.78, 5) is 0. The fraction of sp³-hybridized carbons (Fsp3) is 0.769. The van der Waals surface area contributed by atoms with Gasteiger partial charge in [-0.15, -0.1) is 0 Å². The summed E-state index contributed by atoms with van der Waals surface area (Å²) in [6.45, 7) is 6.17. The Kier molecular flexibility index (Phi) is 4.72. The molecule has 0 amide bonds. The first kappa shape index (κ1) is 16.4. The van der Waals surface area contributed by atoms with Crippen LogP contribution in [0.25, 0.3) is 0 Å². The highest BCUT2D eigenvalue weighted by molar-refractivity contribution is 7.89. The minimum Gasteiger partial charge on any atom is -0.383 e. The molecular weight excluding hydrogens is 292 g/mol. The predicted octanol–water partition coefficient (Wildman–Crippen LogP) is 0.673. The molecule has 0 unspecified atom stereocenters. The highest BCUT2D eigenvalue weighted by atomic mass is 32.2. The first-order chi connectivity index (χ1) is 9.75. The molecule has 3 N–H and O–H groups in total. The Morgan fingerprint density at radius 2 is 2.10 bits per heavy atom. The molecule has 0 spiro atoms. The van der Waals surface area contributed by atoms with Gasteiger partial charge in [-0.1, -0.05) is 0 Å². The van der Waals surface area contributed by atoms with E-state index in [1.54, 1.807) is 21.0 Å². The summed E-state index contributed by atoms with van der Waals surface area (Å²) in [5, 5.41) is 10.1. The van der Waals surface area contributed by atoms with E-state index >= 15 is 0 Å². The number of hydrogen-bond acceptors (Lipinski definition) is 5. The number of sulfonamides is 1. The van der Waals surface area contributed by atoms with Gasteiger partial charge in [0.1, 0.15) is 0 Å². The van der Waals surface area contributed by atoms with Crippen molar-refractivity contribution in [2.24, 2.45) is 0 Å². The SMILES string of the molecule is COCC(C)(C)NS(=O)(=O)c1n[nH]c(C)c1CNC1CC1. The van der Waals surface area contributed by atoms with Gasteiger partial charge in [0.25, 0.3) is 10.0 Å². The number of nitrogens with one attached hydrogen (secondary N) is 3. The minimum atomic E-state index is -3.69. The Morgan fingerprint density at radius 1 is 1.43 bits per heavy atom. The number of methoxy groups -OCH3 is 1. The van der Waals surface area contributed by atoms with E-state index in [0.29, 0.717) is 18.2 Å². The molecule has 1 heterocycles. The van der Waals surface area contributed by atoms with Gasteiger partial charge in [-0.05, 0) is 33.6 Å². The molecular formula is C13H24N4O3S. The number of nitrogens with zero attached hydrogens (tertiary/aromatic N) is 1. The van der Waals surface area contributed by atoms with Gasteiger partial charge in [-0.25, -0.2) is 13.1 Å². The van der Waals surface area contributed by atoms with Crippen molar-refractivity contribution in [1.29, 1.82) is 0 Å². The minimum absolute atomic E-state index is 0.0670. The van der Waals surface area contributed by atoms with Crippen LogP contribution in [0.1, 0.15) is 37.9 Å². The first-order valence-corrected chi connectivity index (χ1v) is 8.53. The zero-order valence-corrected chi connectivity index (χ0v) is 13.8. The molecule has 120 valence electrons. The van der Waals surface area contributed by atoms with E-state index in [2.05, 4.69) is 20.2 Å². The second-order valence-corrected chi connectivity index (χ2v) is 7.81. The summed E-state index contributed by atoms with van der Waals surface area (Å²) in [5.74, 6) is 0. The quantitative estimate of drug-likeness (QED) is 0.655. The molecule has 0 radical (unpaired) electrons. The lowest BCUT2D eigenvalue weighted by molar-refractivity contribution is 0.141. The number of ether oxygens (including phenoxy) is 1. The van der Waals surface area contributed by atoms with Crippen molar-refractivity contribution in [3.8, 4) is 0 Å².